The van der Waals surface area contributed by atoms with E-state index >= 15 is 0 Å². The second-order valence-corrected chi connectivity index (χ2v) is 5.75. The number of hydrogen-bond donors (Lipinski definition) is 1. The normalized spacial score (nSPS) is 13.5. The van der Waals surface area contributed by atoms with Crippen LogP contribution in [0.25, 0.3) is 0 Å². The Kier molecular flexibility index (Phi) is 4.20. The molecule has 2 aromatic rings. The van der Waals surface area contributed by atoms with Gasteiger partial charge in [-0.1, -0.05) is 12.1 Å². The summed E-state index contributed by atoms with van der Waals surface area (Å²) >= 11 is 0. The topological polar surface area (TPSA) is 85.6 Å². The van der Waals surface area contributed by atoms with E-state index in [4.69, 9.17) is 9.84 Å². The number of aromatic carboxylic acids is 1. The van der Waals surface area contributed by atoms with E-state index in [-0.39, 0.29) is 11.3 Å². The number of Topliss-reactive ketones (excluding diaryl/α,β-unsaturated/α-hetero) is 1. The van der Waals surface area contributed by atoms with Gasteiger partial charge in [-0.2, -0.15) is 0 Å². The fourth-order valence-electron chi connectivity index (χ4n) is 3.04. The number of hydrogen-bond acceptors (Lipinski definition) is 4. The number of ketones is 1. The summed E-state index contributed by atoms with van der Waals surface area (Å²) in [5, 5.41) is 8.96. The first kappa shape index (κ1) is 16.0. The fraction of sp³-hybridized carbons (Fsp3) is 0.278. The molecule has 0 saturated heterocycles. The molecule has 0 atom stereocenters. The molecule has 124 valence electrons. The molecule has 1 heterocycles. The van der Waals surface area contributed by atoms with Crippen LogP contribution in [0.5, 0.6) is 0 Å². The largest absolute Gasteiger partial charge is 0.478 e. The smallest absolute Gasteiger partial charge is 0.354 e. The summed E-state index contributed by atoms with van der Waals surface area (Å²) in [4.78, 5) is 35.1. The highest BCUT2D eigenvalue weighted by atomic mass is 16.5. The summed E-state index contributed by atoms with van der Waals surface area (Å²) in [6.07, 6.45) is 1.98. The van der Waals surface area contributed by atoms with Crippen molar-refractivity contribution in [3.8, 4) is 0 Å². The van der Waals surface area contributed by atoms with Gasteiger partial charge in [0.2, 0.25) is 0 Å². The van der Waals surface area contributed by atoms with Crippen LogP contribution < -0.4 is 0 Å². The number of ether oxygens (including phenoxy) is 1. The molecule has 0 radical (unpaired) electrons. The first-order chi connectivity index (χ1) is 11.5. The summed E-state index contributed by atoms with van der Waals surface area (Å²) < 4.78 is 6.63. The Hall–Kier alpha value is -2.89. The highest BCUT2D eigenvalue weighted by Gasteiger charge is 2.26. The van der Waals surface area contributed by atoms with Gasteiger partial charge in [0.25, 0.3) is 0 Å². The molecule has 6 nitrogen and oxygen atoms in total. The lowest BCUT2D eigenvalue weighted by molar-refractivity contribution is 0.0587. The average Bonchev–Trinajstić information content (AvgIpc) is 2.95. The number of benzene rings is 1. The zero-order valence-corrected chi connectivity index (χ0v) is 13.2. The monoisotopic (exact) mass is 327 g/mol. The number of nitrogens with zero attached hydrogens (tertiary/aromatic N) is 1. The van der Waals surface area contributed by atoms with E-state index in [1.807, 2.05) is 0 Å². The number of carbonyl (C=O) groups excluding carboxylic acids is 2. The van der Waals surface area contributed by atoms with Crippen molar-refractivity contribution in [3.05, 3.63) is 58.4 Å². The van der Waals surface area contributed by atoms with Crippen LogP contribution in [0.3, 0.4) is 0 Å². The molecule has 0 saturated carbocycles. The van der Waals surface area contributed by atoms with Crippen molar-refractivity contribution in [3.63, 3.8) is 0 Å². The van der Waals surface area contributed by atoms with E-state index in [9.17, 15) is 14.4 Å². The Morgan fingerprint density at radius 1 is 1.21 bits per heavy atom. The molecule has 0 amide bonds. The summed E-state index contributed by atoms with van der Waals surface area (Å²) in [7, 11) is 1.31. The molecule has 0 spiro atoms. The molecule has 6 heteroatoms. The summed E-state index contributed by atoms with van der Waals surface area (Å²) in [5.74, 6) is -1.43. The van der Waals surface area contributed by atoms with Crippen LogP contribution in [-0.4, -0.2) is 34.5 Å². The average molecular weight is 327 g/mol. The summed E-state index contributed by atoms with van der Waals surface area (Å²) in [6, 6.07) is 8.07. The van der Waals surface area contributed by atoms with E-state index in [0.717, 1.165) is 24.1 Å². The van der Waals surface area contributed by atoms with Gasteiger partial charge in [0.05, 0.1) is 12.7 Å². The van der Waals surface area contributed by atoms with Crippen molar-refractivity contribution >= 4 is 17.7 Å². The minimum Gasteiger partial charge on any atom is -0.478 e. The first-order valence-electron chi connectivity index (χ1n) is 7.67. The predicted molar refractivity (Wildman–Crippen MR) is 85.5 cm³/mol. The number of methoxy groups -OCH3 is 1. The maximum Gasteiger partial charge on any atom is 0.354 e. The fourth-order valence-corrected chi connectivity index (χ4v) is 3.04. The van der Waals surface area contributed by atoms with Crippen molar-refractivity contribution in [1.82, 2.24) is 4.57 Å². The highest BCUT2D eigenvalue weighted by Crippen LogP contribution is 2.26. The van der Waals surface area contributed by atoms with Crippen molar-refractivity contribution in [2.24, 2.45) is 0 Å². The predicted octanol–water partition coefficient (Wildman–Crippen LogP) is 2.54. The van der Waals surface area contributed by atoms with Crippen LogP contribution in [-0.2, 0) is 17.7 Å². The zero-order valence-electron chi connectivity index (χ0n) is 13.2. The summed E-state index contributed by atoms with van der Waals surface area (Å²) in [6.45, 7) is 0.382. The number of carboxylic acid groups (broad SMARTS) is 1. The minimum absolute atomic E-state index is 0.0429. The number of carbonyl (C=O) groups is 3. The third-order valence-corrected chi connectivity index (χ3v) is 4.26. The Balaban J connectivity index is 2.01. The molecule has 24 heavy (non-hydrogen) atoms. The third-order valence-electron chi connectivity index (χ3n) is 4.26. The highest BCUT2D eigenvalue weighted by molar-refractivity contribution is 6.01. The van der Waals surface area contributed by atoms with Gasteiger partial charge in [-0.05, 0) is 36.6 Å². The van der Waals surface area contributed by atoms with E-state index in [1.54, 1.807) is 22.8 Å². The SMILES string of the molecule is COC(=O)c1cc2c(n1Cc1ccc(C(=O)O)cc1)CCCC2=O. The van der Waals surface area contributed by atoms with Crippen LogP contribution in [0.15, 0.2) is 30.3 Å². The molecule has 0 aliphatic heterocycles. The van der Waals surface area contributed by atoms with Gasteiger partial charge in [-0.25, -0.2) is 9.59 Å². The number of aromatic nitrogens is 1. The quantitative estimate of drug-likeness (QED) is 0.872. The van der Waals surface area contributed by atoms with Gasteiger partial charge in [0.1, 0.15) is 5.69 Å². The van der Waals surface area contributed by atoms with Crippen LogP contribution in [0, 0.1) is 0 Å². The molecule has 1 aliphatic carbocycles. The second-order valence-electron chi connectivity index (χ2n) is 5.75. The molecule has 3 rings (SSSR count). The van der Waals surface area contributed by atoms with Crippen LogP contribution in [0.2, 0.25) is 0 Å². The third kappa shape index (κ3) is 2.82. The van der Waals surface area contributed by atoms with Crippen molar-refractivity contribution in [2.75, 3.05) is 7.11 Å². The van der Waals surface area contributed by atoms with E-state index in [1.165, 1.54) is 19.2 Å². The molecule has 0 bridgehead atoms. The van der Waals surface area contributed by atoms with E-state index < -0.39 is 11.9 Å². The van der Waals surface area contributed by atoms with Crippen molar-refractivity contribution in [2.45, 2.75) is 25.8 Å². The van der Waals surface area contributed by atoms with Gasteiger partial charge in [-0.3, -0.25) is 4.79 Å². The molecular weight excluding hydrogens is 310 g/mol. The molecule has 0 unspecified atom stereocenters. The Labute approximate surface area is 138 Å². The Bertz CT molecular complexity index is 817. The number of carboxylic acids is 1. The van der Waals surface area contributed by atoms with Gasteiger partial charge < -0.3 is 14.4 Å². The van der Waals surface area contributed by atoms with Gasteiger partial charge in [-0.15, -0.1) is 0 Å². The van der Waals surface area contributed by atoms with Gasteiger partial charge in [0.15, 0.2) is 5.78 Å². The number of esters is 1. The lowest BCUT2D eigenvalue weighted by atomic mass is 9.96. The molecule has 1 aliphatic rings. The molecule has 1 aromatic heterocycles. The second kappa shape index (κ2) is 6.31. The van der Waals surface area contributed by atoms with Gasteiger partial charge in [0, 0.05) is 24.2 Å². The zero-order chi connectivity index (χ0) is 17.3. The van der Waals surface area contributed by atoms with Crippen LogP contribution in [0.1, 0.15) is 55.3 Å². The minimum atomic E-state index is -0.985. The Morgan fingerprint density at radius 2 is 1.92 bits per heavy atom. The maximum atomic E-state index is 12.1. The summed E-state index contributed by atoms with van der Waals surface area (Å²) in [5.41, 5.74) is 2.83. The Morgan fingerprint density at radius 3 is 2.54 bits per heavy atom. The standard InChI is InChI=1S/C18H17NO5/c1-24-18(23)15-9-13-14(3-2-4-16(13)20)19(15)10-11-5-7-12(8-6-11)17(21)22/h5-9H,2-4,10H2,1H3,(H,21,22). The lowest BCUT2D eigenvalue weighted by Gasteiger charge is -2.16. The van der Waals surface area contributed by atoms with Gasteiger partial charge >= 0.3 is 11.9 Å². The molecule has 1 N–H and O–H groups in total. The number of fused-ring (bicyclic) bond motifs is 1. The van der Waals surface area contributed by atoms with Crippen LogP contribution >= 0.6 is 0 Å². The van der Waals surface area contributed by atoms with Crippen molar-refractivity contribution < 1.29 is 24.2 Å². The maximum absolute atomic E-state index is 12.1. The number of rotatable bonds is 4. The lowest BCUT2D eigenvalue weighted by Crippen LogP contribution is -2.16. The van der Waals surface area contributed by atoms with E-state index in [0.29, 0.717) is 24.2 Å². The molecule has 1 aromatic carbocycles. The van der Waals surface area contributed by atoms with Crippen LogP contribution in [0.4, 0.5) is 0 Å². The molecular formula is C18H17NO5. The first-order valence-corrected chi connectivity index (χ1v) is 7.67. The van der Waals surface area contributed by atoms with E-state index in [2.05, 4.69) is 0 Å². The van der Waals surface area contributed by atoms with Crippen molar-refractivity contribution in [1.29, 1.82) is 0 Å². The molecule has 0 fully saturated rings.